The molecule has 1 atom stereocenters. The van der Waals surface area contributed by atoms with E-state index >= 15 is 0 Å². The number of fused-ring (bicyclic) bond motifs is 2. The van der Waals surface area contributed by atoms with E-state index in [2.05, 4.69) is 41.0 Å². The van der Waals surface area contributed by atoms with Crippen LogP contribution in [0.15, 0.2) is 66.7 Å². The van der Waals surface area contributed by atoms with Crippen molar-refractivity contribution in [3.05, 3.63) is 77.9 Å². The van der Waals surface area contributed by atoms with Crippen LogP contribution >= 0.6 is 0 Å². The molecule has 0 radical (unpaired) electrons. The lowest BCUT2D eigenvalue weighted by molar-refractivity contribution is -0.120. The first-order valence-corrected chi connectivity index (χ1v) is 9.51. The fourth-order valence-corrected chi connectivity index (χ4v) is 3.84. The molecule has 1 heterocycles. The number of para-hydroxylation sites is 1. The van der Waals surface area contributed by atoms with Gasteiger partial charge in [-0.25, -0.2) is 4.79 Å². The van der Waals surface area contributed by atoms with Gasteiger partial charge in [-0.15, -0.1) is 0 Å². The van der Waals surface area contributed by atoms with Crippen molar-refractivity contribution < 1.29 is 9.59 Å². The van der Waals surface area contributed by atoms with Crippen LogP contribution < -0.4 is 15.5 Å². The summed E-state index contributed by atoms with van der Waals surface area (Å²) < 4.78 is 0. The highest BCUT2D eigenvalue weighted by atomic mass is 16.2. The Morgan fingerprint density at radius 3 is 2.64 bits per heavy atom. The van der Waals surface area contributed by atoms with Crippen molar-refractivity contribution >= 4 is 28.4 Å². The Labute approximate surface area is 164 Å². The molecular weight excluding hydrogens is 350 g/mol. The van der Waals surface area contributed by atoms with Crippen LogP contribution in [-0.4, -0.2) is 25.0 Å². The normalized spacial score (nSPS) is 16.4. The molecule has 1 aliphatic rings. The van der Waals surface area contributed by atoms with Crippen LogP contribution in [0.1, 0.15) is 17.5 Å². The number of nitrogens with zero attached hydrogens (tertiary/aromatic N) is 1. The van der Waals surface area contributed by atoms with Crippen molar-refractivity contribution in [1.29, 1.82) is 0 Å². The van der Waals surface area contributed by atoms with E-state index in [1.165, 1.54) is 0 Å². The van der Waals surface area contributed by atoms with Gasteiger partial charge in [0, 0.05) is 12.7 Å². The molecule has 2 N–H and O–H groups in total. The Morgan fingerprint density at radius 2 is 1.79 bits per heavy atom. The molecule has 0 aliphatic carbocycles. The van der Waals surface area contributed by atoms with Crippen molar-refractivity contribution in [3.8, 4) is 0 Å². The third-order valence-electron chi connectivity index (χ3n) is 5.29. The molecule has 0 aromatic heterocycles. The van der Waals surface area contributed by atoms with Gasteiger partial charge in [-0.05, 0) is 40.8 Å². The number of carbonyl (C=O) groups excluding carboxylic acids is 2. The van der Waals surface area contributed by atoms with E-state index in [0.29, 0.717) is 13.0 Å². The van der Waals surface area contributed by atoms with Crippen molar-refractivity contribution in [2.45, 2.75) is 25.4 Å². The average Bonchev–Trinajstić information content (AvgIpc) is 2.86. The minimum atomic E-state index is -0.553. The molecular formula is C23H23N3O2. The van der Waals surface area contributed by atoms with Gasteiger partial charge in [-0.1, -0.05) is 60.7 Å². The molecule has 5 heteroatoms. The zero-order chi connectivity index (χ0) is 19.5. The number of hydrogen-bond acceptors (Lipinski definition) is 2. The van der Waals surface area contributed by atoms with Gasteiger partial charge < -0.3 is 15.5 Å². The predicted octanol–water partition coefficient (Wildman–Crippen LogP) is 3.62. The number of rotatable bonds is 3. The molecule has 5 nitrogen and oxygen atoms in total. The van der Waals surface area contributed by atoms with E-state index in [9.17, 15) is 9.59 Å². The van der Waals surface area contributed by atoms with Gasteiger partial charge in [0.2, 0.25) is 5.91 Å². The summed E-state index contributed by atoms with van der Waals surface area (Å²) in [4.78, 5) is 27.1. The second-order valence-electron chi connectivity index (χ2n) is 7.01. The number of nitrogens with one attached hydrogen (secondary N) is 2. The first kappa shape index (κ1) is 18.0. The lowest BCUT2D eigenvalue weighted by Crippen LogP contribution is -2.50. The van der Waals surface area contributed by atoms with Gasteiger partial charge in [0.25, 0.3) is 0 Å². The van der Waals surface area contributed by atoms with Gasteiger partial charge in [0.1, 0.15) is 6.04 Å². The molecule has 4 rings (SSSR count). The lowest BCUT2D eigenvalue weighted by Gasteiger charge is -2.27. The topological polar surface area (TPSA) is 61.4 Å². The van der Waals surface area contributed by atoms with Crippen LogP contribution in [-0.2, 0) is 17.8 Å². The number of aryl methyl sites for hydroxylation is 1. The molecule has 0 saturated heterocycles. The summed E-state index contributed by atoms with van der Waals surface area (Å²) in [5.41, 5.74) is 3.13. The number of amides is 3. The maximum Gasteiger partial charge on any atom is 0.315 e. The van der Waals surface area contributed by atoms with Gasteiger partial charge >= 0.3 is 6.03 Å². The van der Waals surface area contributed by atoms with E-state index in [0.717, 1.165) is 34.0 Å². The molecule has 1 aliphatic heterocycles. The van der Waals surface area contributed by atoms with Crippen molar-refractivity contribution in [1.82, 2.24) is 10.6 Å². The number of benzene rings is 3. The maximum atomic E-state index is 13.4. The average molecular weight is 373 g/mol. The molecule has 142 valence electrons. The van der Waals surface area contributed by atoms with E-state index in [-0.39, 0.29) is 11.9 Å². The molecule has 0 saturated carbocycles. The largest absolute Gasteiger partial charge is 0.341 e. The van der Waals surface area contributed by atoms with Crippen LogP contribution in [0.4, 0.5) is 10.5 Å². The van der Waals surface area contributed by atoms with Crippen LogP contribution in [0.5, 0.6) is 0 Å². The fraction of sp³-hybridized carbons (Fsp3) is 0.217. The molecule has 0 fully saturated rings. The van der Waals surface area contributed by atoms with Gasteiger partial charge in [-0.3, -0.25) is 4.79 Å². The summed E-state index contributed by atoms with van der Waals surface area (Å²) in [6, 6.07) is 21.4. The number of anilines is 1. The highest BCUT2D eigenvalue weighted by Crippen LogP contribution is 2.30. The number of urea groups is 1. The molecule has 0 bridgehead atoms. The summed E-state index contributed by atoms with van der Waals surface area (Å²) in [6.45, 7) is 0.461. The van der Waals surface area contributed by atoms with Crippen molar-refractivity contribution in [2.75, 3.05) is 11.9 Å². The zero-order valence-electron chi connectivity index (χ0n) is 15.8. The van der Waals surface area contributed by atoms with E-state index < -0.39 is 6.04 Å². The summed E-state index contributed by atoms with van der Waals surface area (Å²) in [5, 5.41) is 7.63. The minimum Gasteiger partial charge on any atom is -0.341 e. The van der Waals surface area contributed by atoms with Crippen LogP contribution in [0.2, 0.25) is 0 Å². The third-order valence-corrected chi connectivity index (χ3v) is 5.29. The Bertz CT molecular complexity index is 1030. The minimum absolute atomic E-state index is 0.0820. The molecule has 1 unspecified atom stereocenters. The fourth-order valence-electron chi connectivity index (χ4n) is 3.84. The van der Waals surface area contributed by atoms with Crippen LogP contribution in [0.3, 0.4) is 0 Å². The summed E-state index contributed by atoms with van der Waals surface area (Å²) in [5.74, 6) is -0.0820. The highest BCUT2D eigenvalue weighted by Gasteiger charge is 2.31. The predicted molar refractivity (Wildman–Crippen MR) is 111 cm³/mol. The number of carbonyl (C=O) groups is 2. The summed E-state index contributed by atoms with van der Waals surface area (Å²) in [6.07, 6.45) is 1.32. The van der Waals surface area contributed by atoms with Crippen molar-refractivity contribution in [2.24, 2.45) is 0 Å². The van der Waals surface area contributed by atoms with Crippen molar-refractivity contribution in [3.63, 3.8) is 0 Å². The first-order valence-electron chi connectivity index (χ1n) is 9.51. The summed E-state index contributed by atoms with van der Waals surface area (Å²) >= 11 is 0. The molecule has 3 aromatic rings. The van der Waals surface area contributed by atoms with E-state index in [4.69, 9.17) is 0 Å². The second-order valence-corrected chi connectivity index (χ2v) is 7.01. The number of hydrogen-bond donors (Lipinski definition) is 2. The Kier molecular flexibility index (Phi) is 4.98. The smallest absolute Gasteiger partial charge is 0.315 e. The third kappa shape index (κ3) is 3.43. The zero-order valence-corrected chi connectivity index (χ0v) is 15.8. The summed E-state index contributed by atoms with van der Waals surface area (Å²) in [7, 11) is 1.55. The van der Waals surface area contributed by atoms with Gasteiger partial charge in [0.05, 0.1) is 6.54 Å². The Morgan fingerprint density at radius 1 is 1.04 bits per heavy atom. The molecule has 0 spiro atoms. The van der Waals surface area contributed by atoms with Crippen LogP contribution in [0.25, 0.3) is 10.8 Å². The Balaban J connectivity index is 1.74. The molecule has 3 amide bonds. The van der Waals surface area contributed by atoms with E-state index in [1.54, 1.807) is 7.05 Å². The maximum absolute atomic E-state index is 13.4. The second kappa shape index (κ2) is 7.72. The van der Waals surface area contributed by atoms with Gasteiger partial charge in [0.15, 0.2) is 0 Å². The SMILES string of the molecule is CNC(=O)NC1CCc2ccccc2N(Cc2cccc3ccccc23)C1=O. The quantitative estimate of drug-likeness (QED) is 0.737. The van der Waals surface area contributed by atoms with Gasteiger partial charge in [-0.2, -0.15) is 0 Å². The highest BCUT2D eigenvalue weighted by molar-refractivity contribution is 6.01. The standard InChI is InChI=1S/C23H23N3O2/c1-24-23(28)25-20-14-13-17-8-3-5-12-21(17)26(22(20)27)15-18-10-6-9-16-7-2-4-11-19(16)18/h2-12,20H,13-15H2,1H3,(H2,24,25,28). The monoisotopic (exact) mass is 373 g/mol. The molecule has 28 heavy (non-hydrogen) atoms. The lowest BCUT2D eigenvalue weighted by atomic mass is 10.0. The van der Waals surface area contributed by atoms with Crippen LogP contribution in [0, 0.1) is 0 Å². The Hall–Kier alpha value is -3.34. The first-order chi connectivity index (χ1) is 13.7. The molecule has 3 aromatic carbocycles. The van der Waals surface area contributed by atoms with E-state index in [1.807, 2.05) is 41.3 Å².